The Balaban J connectivity index is 1.12. The van der Waals surface area contributed by atoms with E-state index in [-0.39, 0.29) is 23.9 Å². The number of nitrogens with one attached hydrogen (secondary N) is 2. The Morgan fingerprint density at radius 1 is 1.26 bits per heavy atom. The van der Waals surface area contributed by atoms with Gasteiger partial charge in [-0.25, -0.2) is 15.0 Å². The van der Waals surface area contributed by atoms with Crippen LogP contribution in [-0.4, -0.2) is 60.2 Å². The van der Waals surface area contributed by atoms with Gasteiger partial charge in [0.05, 0.1) is 24.8 Å². The van der Waals surface area contributed by atoms with Crippen LogP contribution in [-0.2, 0) is 4.74 Å². The van der Waals surface area contributed by atoms with E-state index in [2.05, 4.69) is 27.4 Å². The van der Waals surface area contributed by atoms with Gasteiger partial charge < -0.3 is 35.1 Å². The molecule has 0 bridgehead atoms. The standard InChI is InChI=1S/C33H43FN6O3/c1-22(2)20-43-33(41)32-31(28-17-26(34)5-8-30(28)38-32)29(35)19-40(36)18-23-9-13-39(14-10-23)15-12-37-27-6-3-24(4-7-27)25-11-16-42-21-25/h3,5-6,8,11,16-17,19,21-23,37-38H,4,7,9-10,12-15,18,20,35-36H2,1-2H3/b29-19-. The van der Waals surface area contributed by atoms with E-state index in [0.717, 1.165) is 57.4 Å². The number of hydrogen-bond acceptors (Lipinski definition) is 8. The van der Waals surface area contributed by atoms with E-state index in [9.17, 15) is 9.18 Å². The number of piperidine rings is 1. The van der Waals surface area contributed by atoms with Crippen molar-refractivity contribution in [3.63, 3.8) is 0 Å². The molecule has 6 N–H and O–H groups in total. The van der Waals surface area contributed by atoms with Crippen molar-refractivity contribution in [1.29, 1.82) is 0 Å². The largest absolute Gasteiger partial charge is 0.472 e. The monoisotopic (exact) mass is 590 g/mol. The molecule has 10 heteroatoms. The number of allylic oxidation sites excluding steroid dienone is 4. The minimum atomic E-state index is -0.530. The van der Waals surface area contributed by atoms with Crippen molar-refractivity contribution in [2.45, 2.75) is 39.5 Å². The van der Waals surface area contributed by atoms with E-state index in [1.54, 1.807) is 29.8 Å². The van der Waals surface area contributed by atoms with Gasteiger partial charge in [-0.05, 0) is 86.5 Å². The molecule has 0 unspecified atom stereocenters. The SMILES string of the molecule is CC(C)COC(=O)c1[nH]c2ccc(F)cc2c1/C(N)=C/N(N)CC1CCN(CCNC2=CC=C(c3ccoc3)CC2)CC1. The Morgan fingerprint density at radius 3 is 2.77 bits per heavy atom. The lowest BCUT2D eigenvalue weighted by Gasteiger charge is -2.33. The number of nitrogens with two attached hydrogens (primary N) is 2. The average Bonchev–Trinajstić information content (AvgIpc) is 3.66. The summed E-state index contributed by atoms with van der Waals surface area (Å²) in [7, 11) is 0. The number of ether oxygens (including phenoxy) is 1. The zero-order valence-electron chi connectivity index (χ0n) is 25.1. The van der Waals surface area contributed by atoms with Gasteiger partial charge in [-0.3, -0.25) is 0 Å². The number of hydrogen-bond donors (Lipinski definition) is 4. The van der Waals surface area contributed by atoms with Gasteiger partial charge in [0.2, 0.25) is 0 Å². The summed E-state index contributed by atoms with van der Waals surface area (Å²) in [5.74, 6) is 6.04. The van der Waals surface area contributed by atoms with Gasteiger partial charge in [0.1, 0.15) is 11.5 Å². The Morgan fingerprint density at radius 2 is 2.07 bits per heavy atom. The van der Waals surface area contributed by atoms with E-state index in [4.69, 9.17) is 20.7 Å². The molecule has 43 heavy (non-hydrogen) atoms. The molecule has 0 radical (unpaired) electrons. The number of furan rings is 1. The maximum atomic E-state index is 14.1. The summed E-state index contributed by atoms with van der Waals surface area (Å²) in [5.41, 5.74) is 11.7. The van der Waals surface area contributed by atoms with Crippen molar-refractivity contribution in [2.75, 3.05) is 39.3 Å². The van der Waals surface area contributed by atoms with Crippen LogP contribution in [0.2, 0.25) is 0 Å². The third-order valence-electron chi connectivity index (χ3n) is 8.10. The average molecular weight is 591 g/mol. The van der Waals surface area contributed by atoms with Crippen LogP contribution in [0.5, 0.6) is 0 Å². The van der Waals surface area contributed by atoms with Crippen LogP contribution in [0.15, 0.2) is 65.3 Å². The number of esters is 1. The lowest BCUT2D eigenvalue weighted by atomic mass is 9.96. The van der Waals surface area contributed by atoms with Crippen molar-refractivity contribution in [2.24, 2.45) is 23.4 Å². The highest BCUT2D eigenvalue weighted by Gasteiger charge is 2.24. The van der Waals surface area contributed by atoms with Crippen molar-refractivity contribution < 1.29 is 18.3 Å². The smallest absolute Gasteiger partial charge is 0.355 e. The molecule has 1 aromatic carbocycles. The molecule has 1 saturated heterocycles. The fourth-order valence-electron chi connectivity index (χ4n) is 5.77. The molecule has 0 amide bonds. The highest BCUT2D eigenvalue weighted by molar-refractivity contribution is 6.04. The molecule has 5 rings (SSSR count). The first-order valence-corrected chi connectivity index (χ1v) is 15.1. The number of benzene rings is 1. The predicted molar refractivity (Wildman–Crippen MR) is 168 cm³/mol. The van der Waals surface area contributed by atoms with E-state index >= 15 is 0 Å². The second kappa shape index (κ2) is 14.0. The first kappa shape index (κ1) is 30.4. The van der Waals surface area contributed by atoms with Gasteiger partial charge in [0.15, 0.2) is 0 Å². The summed E-state index contributed by atoms with van der Waals surface area (Å²) in [6.45, 7) is 8.76. The molecule has 1 aliphatic heterocycles. The number of carbonyl (C=O) groups is 1. The van der Waals surface area contributed by atoms with E-state index in [1.165, 1.54) is 23.4 Å². The highest BCUT2D eigenvalue weighted by atomic mass is 19.1. The summed E-state index contributed by atoms with van der Waals surface area (Å²) in [6, 6.07) is 6.30. The summed E-state index contributed by atoms with van der Waals surface area (Å²) in [6.07, 6.45) is 13.6. The zero-order valence-corrected chi connectivity index (χ0v) is 25.1. The van der Waals surface area contributed by atoms with Gasteiger partial charge in [-0.1, -0.05) is 19.9 Å². The number of H-pyrrole nitrogens is 1. The Hall–Kier alpha value is -4.02. The van der Waals surface area contributed by atoms with Crippen molar-refractivity contribution >= 4 is 28.1 Å². The fourth-order valence-corrected chi connectivity index (χ4v) is 5.77. The second-order valence-corrected chi connectivity index (χ2v) is 11.9. The lowest BCUT2D eigenvalue weighted by molar-refractivity contribution is 0.0452. The fraction of sp³-hybridized carbons (Fsp3) is 0.424. The molecule has 2 aliphatic rings. The van der Waals surface area contributed by atoms with E-state index in [1.807, 2.05) is 19.9 Å². The van der Waals surface area contributed by atoms with Crippen LogP contribution in [0.1, 0.15) is 61.1 Å². The molecule has 1 fully saturated rings. The van der Waals surface area contributed by atoms with Crippen LogP contribution in [0.3, 0.4) is 0 Å². The molecular formula is C33H43FN6O3. The van der Waals surface area contributed by atoms with Gasteiger partial charge in [-0.2, -0.15) is 0 Å². The van der Waals surface area contributed by atoms with Gasteiger partial charge in [0.25, 0.3) is 0 Å². The molecule has 3 aromatic rings. The van der Waals surface area contributed by atoms with Crippen LogP contribution in [0, 0.1) is 17.7 Å². The number of aromatic amines is 1. The third kappa shape index (κ3) is 7.88. The third-order valence-corrected chi connectivity index (χ3v) is 8.10. The summed E-state index contributed by atoms with van der Waals surface area (Å²) < 4.78 is 24.8. The zero-order chi connectivity index (χ0) is 30.3. The van der Waals surface area contributed by atoms with Crippen molar-refractivity contribution in [1.82, 2.24) is 20.2 Å². The molecule has 3 heterocycles. The number of hydrazine groups is 1. The molecule has 9 nitrogen and oxygen atoms in total. The van der Waals surface area contributed by atoms with E-state index in [0.29, 0.717) is 28.9 Å². The Bertz CT molecular complexity index is 1480. The lowest BCUT2D eigenvalue weighted by Crippen LogP contribution is -2.41. The molecule has 0 spiro atoms. The normalized spacial score (nSPS) is 16.8. The van der Waals surface area contributed by atoms with Crippen LogP contribution in [0.25, 0.3) is 22.2 Å². The van der Waals surface area contributed by atoms with Gasteiger partial charge >= 0.3 is 5.97 Å². The number of aromatic nitrogens is 1. The molecule has 0 saturated carbocycles. The molecule has 0 atom stereocenters. The molecule has 1 aliphatic carbocycles. The van der Waals surface area contributed by atoms with E-state index < -0.39 is 11.8 Å². The van der Waals surface area contributed by atoms with Gasteiger partial charge in [0, 0.05) is 53.6 Å². The minimum absolute atomic E-state index is 0.179. The number of rotatable bonds is 12. The second-order valence-electron chi connectivity index (χ2n) is 11.9. The predicted octanol–water partition coefficient (Wildman–Crippen LogP) is 5.21. The van der Waals surface area contributed by atoms with Crippen LogP contribution >= 0.6 is 0 Å². The van der Waals surface area contributed by atoms with Crippen LogP contribution < -0.4 is 16.9 Å². The first-order valence-electron chi connectivity index (χ1n) is 15.1. The number of carbonyl (C=O) groups excluding carboxylic acids is 1. The number of likely N-dealkylation sites (tertiary alicyclic amines) is 1. The minimum Gasteiger partial charge on any atom is -0.472 e. The summed E-state index contributed by atoms with van der Waals surface area (Å²) in [4.78, 5) is 18.4. The maximum absolute atomic E-state index is 14.1. The molecule has 2 aromatic heterocycles. The molecule has 230 valence electrons. The van der Waals surface area contributed by atoms with Gasteiger partial charge in [-0.15, -0.1) is 0 Å². The summed E-state index contributed by atoms with van der Waals surface area (Å²) in [5, 5.41) is 5.69. The first-order chi connectivity index (χ1) is 20.8. The van der Waals surface area contributed by atoms with Crippen molar-refractivity contribution in [3.05, 3.63) is 83.5 Å². The highest BCUT2D eigenvalue weighted by Crippen LogP contribution is 2.29. The Labute approximate surface area is 252 Å². The van der Waals surface area contributed by atoms with Crippen molar-refractivity contribution in [3.8, 4) is 0 Å². The number of nitrogens with zero attached hydrogens (tertiary/aromatic N) is 2. The van der Waals surface area contributed by atoms with Crippen LogP contribution in [0.4, 0.5) is 4.39 Å². The summed E-state index contributed by atoms with van der Waals surface area (Å²) >= 11 is 0. The maximum Gasteiger partial charge on any atom is 0.355 e. The topological polar surface area (TPSA) is 126 Å². The molecular weight excluding hydrogens is 547 g/mol. The number of fused-ring (bicyclic) bond motifs is 1. The Kier molecular flexibility index (Phi) is 9.89. The quantitative estimate of drug-likeness (QED) is 0.129. The number of halogens is 1.